The van der Waals surface area contributed by atoms with Gasteiger partial charge in [0.15, 0.2) is 0 Å². The summed E-state index contributed by atoms with van der Waals surface area (Å²) >= 11 is 0. The van der Waals surface area contributed by atoms with Gasteiger partial charge in [-0.1, -0.05) is 6.92 Å². The van der Waals surface area contributed by atoms with Crippen LogP contribution < -0.4 is 5.32 Å². The van der Waals surface area contributed by atoms with Crippen LogP contribution in [0.1, 0.15) is 51.4 Å². The van der Waals surface area contributed by atoms with E-state index in [0.717, 1.165) is 6.42 Å². The molecule has 0 unspecified atom stereocenters. The third-order valence-electron chi connectivity index (χ3n) is 3.86. The fourth-order valence-electron chi connectivity index (χ4n) is 1.69. The van der Waals surface area contributed by atoms with Gasteiger partial charge in [0, 0.05) is 24.2 Å². The molecule has 0 radical (unpaired) electrons. The summed E-state index contributed by atoms with van der Waals surface area (Å²) in [5.41, 5.74) is 0.160. The summed E-state index contributed by atoms with van der Waals surface area (Å²) in [5.74, 6) is -0.201. The summed E-state index contributed by atoms with van der Waals surface area (Å²) in [6.07, 6.45) is 0.810. The highest BCUT2D eigenvalue weighted by atomic mass is 32.2. The SMILES string of the molecule is CCC(C)(C)NC(=O)c1ccc(S(=O)(=O)N(C)C(C)C)cc1. The van der Waals surface area contributed by atoms with E-state index < -0.39 is 10.0 Å². The first-order valence-corrected chi connectivity index (χ1v) is 8.86. The first kappa shape index (κ1) is 18.6. The first-order valence-electron chi connectivity index (χ1n) is 7.42. The van der Waals surface area contributed by atoms with Gasteiger partial charge in [-0.2, -0.15) is 4.31 Å². The summed E-state index contributed by atoms with van der Waals surface area (Å²) in [6, 6.07) is 5.91. The quantitative estimate of drug-likeness (QED) is 0.874. The molecule has 1 rings (SSSR count). The molecule has 0 aliphatic carbocycles. The van der Waals surface area contributed by atoms with Crippen LogP contribution in [-0.4, -0.2) is 37.3 Å². The topological polar surface area (TPSA) is 66.5 Å². The van der Waals surface area contributed by atoms with Crippen molar-refractivity contribution in [1.29, 1.82) is 0 Å². The molecule has 1 amide bonds. The molecule has 0 aromatic heterocycles. The number of nitrogens with zero attached hydrogens (tertiary/aromatic N) is 1. The molecular formula is C16H26N2O3S. The van der Waals surface area contributed by atoms with Crippen LogP contribution in [0.2, 0.25) is 0 Å². The van der Waals surface area contributed by atoms with Gasteiger partial charge in [0.25, 0.3) is 5.91 Å². The van der Waals surface area contributed by atoms with Gasteiger partial charge in [-0.15, -0.1) is 0 Å². The van der Waals surface area contributed by atoms with E-state index in [2.05, 4.69) is 5.32 Å². The molecule has 0 saturated carbocycles. The summed E-state index contributed by atoms with van der Waals surface area (Å²) < 4.78 is 26.0. The number of amides is 1. The standard InChI is InChI=1S/C16H26N2O3S/c1-7-16(4,5)17-15(19)13-8-10-14(11-9-13)22(20,21)18(6)12(2)3/h8-12H,7H2,1-6H3,(H,17,19). The predicted octanol–water partition coefficient (Wildman–Crippen LogP) is 2.63. The molecule has 1 aromatic rings. The van der Waals surface area contributed by atoms with Gasteiger partial charge >= 0.3 is 0 Å². The molecule has 0 heterocycles. The van der Waals surface area contributed by atoms with E-state index in [1.807, 2.05) is 34.6 Å². The fraction of sp³-hybridized carbons (Fsp3) is 0.562. The molecule has 0 fully saturated rings. The normalized spacial score (nSPS) is 12.7. The van der Waals surface area contributed by atoms with Gasteiger partial charge < -0.3 is 5.32 Å². The minimum Gasteiger partial charge on any atom is -0.347 e. The van der Waals surface area contributed by atoms with Gasteiger partial charge in [-0.05, 0) is 58.4 Å². The lowest BCUT2D eigenvalue weighted by molar-refractivity contribution is 0.0911. The van der Waals surface area contributed by atoms with Crippen molar-refractivity contribution in [2.45, 2.75) is 57.5 Å². The number of sulfonamides is 1. The molecule has 0 bridgehead atoms. The van der Waals surface area contributed by atoms with Crippen molar-refractivity contribution in [3.63, 3.8) is 0 Å². The van der Waals surface area contributed by atoms with Crippen LogP contribution in [-0.2, 0) is 10.0 Å². The third-order valence-corrected chi connectivity index (χ3v) is 5.90. The average molecular weight is 326 g/mol. The second-order valence-corrected chi connectivity index (χ2v) is 8.33. The molecule has 5 nitrogen and oxygen atoms in total. The summed E-state index contributed by atoms with van der Waals surface area (Å²) in [6.45, 7) is 9.51. The molecule has 0 atom stereocenters. The maximum Gasteiger partial charge on any atom is 0.251 e. The zero-order valence-electron chi connectivity index (χ0n) is 14.2. The highest BCUT2D eigenvalue weighted by Crippen LogP contribution is 2.17. The highest BCUT2D eigenvalue weighted by Gasteiger charge is 2.24. The van der Waals surface area contributed by atoms with E-state index in [4.69, 9.17) is 0 Å². The van der Waals surface area contributed by atoms with Crippen molar-refractivity contribution in [3.05, 3.63) is 29.8 Å². The van der Waals surface area contributed by atoms with Crippen LogP contribution in [0.5, 0.6) is 0 Å². The van der Waals surface area contributed by atoms with E-state index in [1.165, 1.54) is 16.4 Å². The number of carbonyl (C=O) groups is 1. The van der Waals surface area contributed by atoms with Crippen molar-refractivity contribution in [3.8, 4) is 0 Å². The molecule has 0 aliphatic rings. The fourth-order valence-corrected chi connectivity index (χ4v) is 3.06. The van der Waals surface area contributed by atoms with Crippen LogP contribution in [0, 0.1) is 0 Å². The van der Waals surface area contributed by atoms with Crippen LogP contribution >= 0.6 is 0 Å². The first-order chi connectivity index (χ1) is 10.0. The number of hydrogen-bond donors (Lipinski definition) is 1. The number of benzene rings is 1. The predicted molar refractivity (Wildman–Crippen MR) is 88.4 cm³/mol. The Morgan fingerprint density at radius 2 is 1.73 bits per heavy atom. The smallest absolute Gasteiger partial charge is 0.251 e. The van der Waals surface area contributed by atoms with E-state index in [-0.39, 0.29) is 22.4 Å². The molecule has 0 spiro atoms. The highest BCUT2D eigenvalue weighted by molar-refractivity contribution is 7.89. The Morgan fingerprint density at radius 3 is 2.14 bits per heavy atom. The second kappa shape index (κ2) is 6.79. The summed E-state index contributed by atoms with van der Waals surface area (Å²) in [4.78, 5) is 12.3. The number of carbonyl (C=O) groups excluding carboxylic acids is 1. The van der Waals surface area contributed by atoms with Crippen molar-refractivity contribution in [2.24, 2.45) is 0 Å². The Kier molecular flexibility index (Phi) is 5.76. The van der Waals surface area contributed by atoms with Gasteiger partial charge in [-0.25, -0.2) is 8.42 Å². The van der Waals surface area contributed by atoms with Crippen LogP contribution in [0.3, 0.4) is 0 Å². The van der Waals surface area contributed by atoms with Gasteiger partial charge in [0.2, 0.25) is 10.0 Å². The van der Waals surface area contributed by atoms with E-state index in [9.17, 15) is 13.2 Å². The molecule has 6 heteroatoms. The monoisotopic (exact) mass is 326 g/mol. The number of rotatable bonds is 6. The summed E-state index contributed by atoms with van der Waals surface area (Å²) in [5, 5.41) is 2.92. The number of nitrogens with one attached hydrogen (secondary N) is 1. The lowest BCUT2D eigenvalue weighted by Gasteiger charge is -2.24. The van der Waals surface area contributed by atoms with Crippen molar-refractivity contribution >= 4 is 15.9 Å². The molecule has 124 valence electrons. The second-order valence-electron chi connectivity index (χ2n) is 6.33. The maximum atomic E-state index is 12.4. The molecule has 0 saturated heterocycles. The van der Waals surface area contributed by atoms with Gasteiger partial charge in [0.05, 0.1) is 4.90 Å². The maximum absolute atomic E-state index is 12.4. The Morgan fingerprint density at radius 1 is 1.23 bits per heavy atom. The van der Waals surface area contributed by atoms with Crippen molar-refractivity contribution < 1.29 is 13.2 Å². The van der Waals surface area contributed by atoms with Crippen molar-refractivity contribution in [1.82, 2.24) is 9.62 Å². The van der Waals surface area contributed by atoms with Crippen LogP contribution in [0.15, 0.2) is 29.2 Å². The van der Waals surface area contributed by atoms with Gasteiger partial charge in [-0.3, -0.25) is 4.79 Å². The lowest BCUT2D eigenvalue weighted by atomic mass is 10.0. The zero-order chi connectivity index (χ0) is 17.1. The van der Waals surface area contributed by atoms with Crippen LogP contribution in [0.4, 0.5) is 0 Å². The van der Waals surface area contributed by atoms with E-state index in [0.29, 0.717) is 5.56 Å². The molecule has 22 heavy (non-hydrogen) atoms. The number of hydrogen-bond acceptors (Lipinski definition) is 3. The Bertz CT molecular complexity index is 619. The molecular weight excluding hydrogens is 300 g/mol. The van der Waals surface area contributed by atoms with E-state index in [1.54, 1.807) is 19.2 Å². The van der Waals surface area contributed by atoms with Crippen LogP contribution in [0.25, 0.3) is 0 Å². The minimum absolute atomic E-state index is 0.127. The Hall–Kier alpha value is -1.40. The molecule has 1 aromatic carbocycles. The minimum atomic E-state index is -3.52. The summed E-state index contributed by atoms with van der Waals surface area (Å²) in [7, 11) is -1.97. The van der Waals surface area contributed by atoms with E-state index >= 15 is 0 Å². The third kappa shape index (κ3) is 4.30. The Balaban J connectivity index is 2.99. The average Bonchev–Trinajstić information content (AvgIpc) is 2.46. The molecule has 1 N–H and O–H groups in total. The Labute approximate surface area is 133 Å². The van der Waals surface area contributed by atoms with Gasteiger partial charge in [0.1, 0.15) is 0 Å². The molecule has 0 aliphatic heterocycles. The lowest BCUT2D eigenvalue weighted by Crippen LogP contribution is -2.42. The largest absolute Gasteiger partial charge is 0.347 e. The van der Waals surface area contributed by atoms with Crippen molar-refractivity contribution in [2.75, 3.05) is 7.05 Å². The zero-order valence-corrected chi connectivity index (χ0v) is 15.0.